The van der Waals surface area contributed by atoms with Crippen LogP contribution < -0.4 is 15.4 Å². The predicted molar refractivity (Wildman–Crippen MR) is 175 cm³/mol. The molecule has 0 radical (unpaired) electrons. The van der Waals surface area contributed by atoms with E-state index in [9.17, 15) is 14.4 Å². The fourth-order valence-corrected chi connectivity index (χ4v) is 6.53. The standard InChI is InChI=1S/C35H47N7O4/c1-26(2)14-18-41-22-32(43)39-35(15-8-10-28-9-4-5-11-30(28)35)34(45)37-16-6-7-17-40(23-33(41)44)20-27-12-13-31(46-3)29(19-27)21-42-25-36-24-38-42/h4-5,9,11-13,19,24-26H,6-8,10,14-18,20-23H2,1-3H3,(H,37,45)(H,39,43). The topological polar surface area (TPSA) is 122 Å². The molecule has 0 saturated carbocycles. The monoisotopic (exact) mass is 629 g/mol. The highest BCUT2D eigenvalue weighted by Gasteiger charge is 2.44. The molecule has 3 aromatic rings. The van der Waals surface area contributed by atoms with E-state index in [0.717, 1.165) is 60.1 Å². The number of aromatic nitrogens is 3. The quantitative estimate of drug-likeness (QED) is 0.392. The molecule has 1 aliphatic carbocycles. The van der Waals surface area contributed by atoms with Gasteiger partial charge >= 0.3 is 0 Å². The van der Waals surface area contributed by atoms with E-state index in [4.69, 9.17) is 4.74 Å². The molecule has 2 aromatic carbocycles. The number of rotatable bonds is 8. The van der Waals surface area contributed by atoms with Gasteiger partial charge in [0, 0.05) is 25.2 Å². The Morgan fingerprint density at radius 3 is 2.65 bits per heavy atom. The molecule has 11 heteroatoms. The van der Waals surface area contributed by atoms with Crippen LogP contribution in [-0.4, -0.2) is 82.1 Å². The first-order chi connectivity index (χ1) is 22.3. The minimum absolute atomic E-state index is 0.0910. The van der Waals surface area contributed by atoms with Crippen molar-refractivity contribution in [3.05, 3.63) is 77.4 Å². The number of benzene rings is 2. The van der Waals surface area contributed by atoms with E-state index in [0.29, 0.717) is 45.1 Å². The number of nitrogens with one attached hydrogen (secondary N) is 2. The molecule has 1 fully saturated rings. The van der Waals surface area contributed by atoms with Crippen LogP contribution in [-0.2, 0) is 39.4 Å². The summed E-state index contributed by atoms with van der Waals surface area (Å²) in [6.07, 6.45) is 7.68. The molecule has 1 aliphatic heterocycles. The summed E-state index contributed by atoms with van der Waals surface area (Å²) in [7, 11) is 1.65. The lowest BCUT2D eigenvalue weighted by Gasteiger charge is -2.39. The van der Waals surface area contributed by atoms with Crippen molar-refractivity contribution >= 4 is 17.7 Å². The lowest BCUT2D eigenvalue weighted by molar-refractivity contribution is -0.140. The Morgan fingerprint density at radius 2 is 1.87 bits per heavy atom. The fourth-order valence-electron chi connectivity index (χ4n) is 6.53. The first kappa shape index (κ1) is 33.1. The summed E-state index contributed by atoms with van der Waals surface area (Å²) in [5.74, 6) is 0.536. The summed E-state index contributed by atoms with van der Waals surface area (Å²) in [4.78, 5) is 49.4. The molecule has 1 atom stereocenters. The lowest BCUT2D eigenvalue weighted by atomic mass is 9.75. The van der Waals surface area contributed by atoms with E-state index < -0.39 is 5.54 Å². The van der Waals surface area contributed by atoms with Crippen LogP contribution in [0.4, 0.5) is 0 Å². The van der Waals surface area contributed by atoms with Gasteiger partial charge in [0.15, 0.2) is 0 Å². The van der Waals surface area contributed by atoms with Crippen LogP contribution in [0.5, 0.6) is 5.75 Å². The van der Waals surface area contributed by atoms with E-state index in [1.54, 1.807) is 23.0 Å². The highest BCUT2D eigenvalue weighted by Crippen LogP contribution is 2.36. The van der Waals surface area contributed by atoms with E-state index in [1.165, 1.54) is 6.33 Å². The lowest BCUT2D eigenvalue weighted by Crippen LogP contribution is -2.60. The Morgan fingerprint density at radius 1 is 1.02 bits per heavy atom. The SMILES string of the molecule is COc1ccc(CN2CCCCNC(=O)C3(CCCc4ccccc43)NC(=O)CN(CCC(C)C)C(=O)C2)cc1Cn1cncn1. The van der Waals surface area contributed by atoms with Gasteiger partial charge in [0.05, 0.1) is 26.7 Å². The summed E-state index contributed by atoms with van der Waals surface area (Å²) in [6.45, 7) is 7.02. The van der Waals surface area contributed by atoms with Crippen molar-refractivity contribution < 1.29 is 19.1 Å². The van der Waals surface area contributed by atoms with Crippen LogP contribution in [0.3, 0.4) is 0 Å². The molecule has 46 heavy (non-hydrogen) atoms. The second-order valence-corrected chi connectivity index (χ2v) is 12.9. The highest BCUT2D eigenvalue weighted by atomic mass is 16.5. The Hall–Kier alpha value is -4.25. The minimum Gasteiger partial charge on any atom is -0.496 e. The van der Waals surface area contributed by atoms with Crippen LogP contribution in [0.2, 0.25) is 0 Å². The van der Waals surface area contributed by atoms with Gasteiger partial charge in [0.25, 0.3) is 0 Å². The summed E-state index contributed by atoms with van der Waals surface area (Å²) < 4.78 is 7.35. The third-order valence-corrected chi connectivity index (χ3v) is 8.97. The third-order valence-electron chi connectivity index (χ3n) is 8.97. The zero-order chi connectivity index (χ0) is 32.5. The van der Waals surface area contributed by atoms with Gasteiger partial charge in [-0.3, -0.25) is 19.3 Å². The van der Waals surface area contributed by atoms with E-state index >= 15 is 0 Å². The summed E-state index contributed by atoms with van der Waals surface area (Å²) >= 11 is 0. The number of methoxy groups -OCH3 is 1. The van der Waals surface area contributed by atoms with Crippen molar-refractivity contribution in [2.45, 2.75) is 71.0 Å². The Kier molecular flexibility index (Phi) is 11.1. The Balaban J connectivity index is 1.38. The molecule has 1 spiro atoms. The van der Waals surface area contributed by atoms with Gasteiger partial charge in [-0.25, -0.2) is 9.67 Å². The number of hydrogen-bond acceptors (Lipinski definition) is 7. The number of fused-ring (bicyclic) bond motifs is 2. The van der Waals surface area contributed by atoms with Gasteiger partial charge in [-0.15, -0.1) is 0 Å². The number of ether oxygens (including phenoxy) is 1. The molecule has 5 rings (SSSR count). The molecule has 3 amide bonds. The number of amides is 3. The average molecular weight is 630 g/mol. The number of aryl methyl sites for hydroxylation is 1. The molecule has 11 nitrogen and oxygen atoms in total. The summed E-state index contributed by atoms with van der Waals surface area (Å²) in [5, 5.41) is 10.5. The predicted octanol–water partition coefficient (Wildman–Crippen LogP) is 3.27. The summed E-state index contributed by atoms with van der Waals surface area (Å²) in [5.41, 5.74) is 2.80. The van der Waals surface area contributed by atoms with Crippen molar-refractivity contribution in [1.82, 2.24) is 35.2 Å². The van der Waals surface area contributed by atoms with E-state index in [2.05, 4.69) is 45.5 Å². The van der Waals surface area contributed by atoms with Gasteiger partial charge in [0.1, 0.15) is 23.9 Å². The molecule has 2 N–H and O–H groups in total. The second kappa shape index (κ2) is 15.4. The van der Waals surface area contributed by atoms with Crippen LogP contribution in [0, 0.1) is 5.92 Å². The molecule has 2 aliphatic rings. The van der Waals surface area contributed by atoms with Gasteiger partial charge in [0.2, 0.25) is 17.7 Å². The van der Waals surface area contributed by atoms with Crippen molar-refractivity contribution in [2.24, 2.45) is 5.92 Å². The van der Waals surface area contributed by atoms with Crippen molar-refractivity contribution in [3.8, 4) is 5.75 Å². The first-order valence-electron chi connectivity index (χ1n) is 16.4. The van der Waals surface area contributed by atoms with Gasteiger partial charge in [-0.1, -0.05) is 44.2 Å². The summed E-state index contributed by atoms with van der Waals surface area (Å²) in [6, 6.07) is 13.9. The van der Waals surface area contributed by atoms with Crippen LogP contribution in [0.15, 0.2) is 55.1 Å². The molecular formula is C35H47N7O4. The molecule has 0 bridgehead atoms. The maximum atomic E-state index is 13.9. The smallest absolute Gasteiger partial charge is 0.250 e. The zero-order valence-corrected chi connectivity index (χ0v) is 27.3. The van der Waals surface area contributed by atoms with Crippen LogP contribution in [0.1, 0.15) is 68.2 Å². The molecule has 246 valence electrons. The fraction of sp³-hybridized carbons (Fsp3) is 0.514. The Bertz CT molecular complexity index is 1490. The van der Waals surface area contributed by atoms with Crippen LogP contribution in [0.25, 0.3) is 0 Å². The maximum absolute atomic E-state index is 13.9. The van der Waals surface area contributed by atoms with Crippen molar-refractivity contribution in [1.29, 1.82) is 0 Å². The normalized spacial score (nSPS) is 20.3. The molecule has 1 saturated heterocycles. The van der Waals surface area contributed by atoms with E-state index in [-0.39, 0.29) is 30.8 Å². The number of carbonyl (C=O) groups excluding carboxylic acids is 3. The van der Waals surface area contributed by atoms with Crippen LogP contribution >= 0.6 is 0 Å². The maximum Gasteiger partial charge on any atom is 0.250 e. The van der Waals surface area contributed by atoms with E-state index in [1.807, 2.05) is 36.4 Å². The second-order valence-electron chi connectivity index (χ2n) is 12.9. The molecular weight excluding hydrogens is 582 g/mol. The van der Waals surface area contributed by atoms with Gasteiger partial charge < -0.3 is 20.3 Å². The minimum atomic E-state index is -1.15. The van der Waals surface area contributed by atoms with Gasteiger partial charge in [-0.2, -0.15) is 5.10 Å². The number of carbonyl (C=O) groups is 3. The van der Waals surface area contributed by atoms with Crippen molar-refractivity contribution in [2.75, 3.05) is 39.8 Å². The average Bonchev–Trinajstić information content (AvgIpc) is 3.55. The van der Waals surface area contributed by atoms with Crippen molar-refractivity contribution in [3.63, 3.8) is 0 Å². The number of hydrogen-bond donors (Lipinski definition) is 2. The Labute approximate surface area is 271 Å². The largest absolute Gasteiger partial charge is 0.496 e. The zero-order valence-electron chi connectivity index (χ0n) is 27.3. The molecule has 1 unspecified atom stereocenters. The first-order valence-corrected chi connectivity index (χ1v) is 16.4. The van der Waals surface area contributed by atoms with Gasteiger partial charge in [-0.05, 0) is 79.8 Å². The molecule has 1 aromatic heterocycles. The highest BCUT2D eigenvalue weighted by molar-refractivity contribution is 5.94. The number of nitrogens with zero attached hydrogens (tertiary/aromatic N) is 5. The third kappa shape index (κ3) is 8.12. The molecule has 2 heterocycles.